The fourth-order valence-electron chi connectivity index (χ4n) is 3.06. The van der Waals surface area contributed by atoms with E-state index in [1.54, 1.807) is 18.2 Å². The summed E-state index contributed by atoms with van der Waals surface area (Å²) in [5.41, 5.74) is 0.582. The zero-order valence-corrected chi connectivity index (χ0v) is 15.7. The van der Waals surface area contributed by atoms with E-state index in [4.69, 9.17) is 4.42 Å². The predicted octanol–water partition coefficient (Wildman–Crippen LogP) is 3.52. The molecule has 0 bridgehead atoms. The number of carbonyl (C=O) groups is 1. The molecule has 2 aromatic carbocycles. The van der Waals surface area contributed by atoms with Crippen molar-refractivity contribution >= 4 is 39.2 Å². The van der Waals surface area contributed by atoms with Crippen molar-refractivity contribution in [1.29, 1.82) is 0 Å². The largest absolute Gasteiger partial charge is 0.456 e. The minimum absolute atomic E-state index is 0.120. The molecule has 0 aliphatic heterocycles. The van der Waals surface area contributed by atoms with Crippen LogP contribution in [0.2, 0.25) is 0 Å². The first-order valence-electron chi connectivity index (χ1n) is 9.10. The quantitative estimate of drug-likeness (QED) is 0.380. The molecule has 0 unspecified atom stereocenters. The van der Waals surface area contributed by atoms with E-state index in [0.717, 1.165) is 13.1 Å². The van der Waals surface area contributed by atoms with Crippen molar-refractivity contribution < 1.29 is 14.1 Å². The Bertz CT molecular complexity index is 1100. The highest BCUT2D eigenvalue weighted by atomic mass is 16.6. The van der Waals surface area contributed by atoms with Crippen molar-refractivity contribution in [2.75, 3.05) is 25.0 Å². The van der Waals surface area contributed by atoms with Gasteiger partial charge in [-0.1, -0.05) is 13.8 Å². The number of nitro groups is 1. The van der Waals surface area contributed by atoms with Gasteiger partial charge in [0.15, 0.2) is 0 Å². The highest BCUT2D eigenvalue weighted by Crippen LogP contribution is 2.24. The molecule has 0 fully saturated rings. The standard InChI is InChI=1S/C20H21N3O5/c1-3-22(4-2)10-9-19(24)21-13-5-7-15-18(11-13)28-17-8-6-14(23(26)27)12-16(17)20(15)25/h5-8,11-12H,3-4,9-10H2,1-2H3,(H,21,24). The molecule has 0 spiro atoms. The van der Waals surface area contributed by atoms with Gasteiger partial charge in [-0.05, 0) is 31.3 Å². The summed E-state index contributed by atoms with van der Waals surface area (Å²) < 4.78 is 5.73. The van der Waals surface area contributed by atoms with Gasteiger partial charge in [0.1, 0.15) is 11.2 Å². The van der Waals surface area contributed by atoms with Crippen LogP contribution in [0.5, 0.6) is 0 Å². The van der Waals surface area contributed by atoms with Crippen molar-refractivity contribution in [2.24, 2.45) is 0 Å². The molecular weight excluding hydrogens is 362 g/mol. The van der Waals surface area contributed by atoms with Crippen molar-refractivity contribution in [2.45, 2.75) is 20.3 Å². The number of hydrogen-bond donors (Lipinski definition) is 1. The number of non-ortho nitro benzene ring substituents is 1. The van der Waals surface area contributed by atoms with Crippen molar-refractivity contribution in [3.8, 4) is 0 Å². The second kappa shape index (κ2) is 8.18. The highest BCUT2D eigenvalue weighted by molar-refractivity contribution is 5.95. The third kappa shape index (κ3) is 4.01. The Balaban J connectivity index is 1.88. The number of anilines is 1. The minimum Gasteiger partial charge on any atom is -0.456 e. The Morgan fingerprint density at radius 1 is 1.11 bits per heavy atom. The van der Waals surface area contributed by atoms with Crippen molar-refractivity contribution in [1.82, 2.24) is 4.90 Å². The number of benzene rings is 2. The van der Waals surface area contributed by atoms with Gasteiger partial charge in [-0.3, -0.25) is 19.7 Å². The maximum Gasteiger partial charge on any atom is 0.270 e. The second-order valence-electron chi connectivity index (χ2n) is 6.40. The summed E-state index contributed by atoms with van der Waals surface area (Å²) in [4.78, 5) is 37.4. The lowest BCUT2D eigenvalue weighted by molar-refractivity contribution is -0.384. The van der Waals surface area contributed by atoms with E-state index in [-0.39, 0.29) is 28.0 Å². The average molecular weight is 383 g/mol. The maximum atomic E-state index is 12.7. The number of nitrogens with one attached hydrogen (secondary N) is 1. The SMILES string of the molecule is CCN(CC)CCC(=O)Nc1ccc2c(=O)c3cc([N+](=O)[O-])ccc3oc2c1. The Hall–Kier alpha value is -3.26. The molecule has 28 heavy (non-hydrogen) atoms. The average Bonchev–Trinajstić information content (AvgIpc) is 2.68. The number of fused-ring (bicyclic) bond motifs is 2. The molecule has 0 saturated carbocycles. The van der Waals surface area contributed by atoms with Gasteiger partial charge in [0.25, 0.3) is 5.69 Å². The molecule has 0 aliphatic rings. The summed E-state index contributed by atoms with van der Waals surface area (Å²) >= 11 is 0. The van der Waals surface area contributed by atoms with Crippen LogP contribution in [0.15, 0.2) is 45.6 Å². The van der Waals surface area contributed by atoms with Crippen LogP contribution in [-0.2, 0) is 4.79 Å². The van der Waals surface area contributed by atoms with Gasteiger partial charge in [0, 0.05) is 36.9 Å². The van der Waals surface area contributed by atoms with Crippen LogP contribution in [-0.4, -0.2) is 35.4 Å². The van der Waals surface area contributed by atoms with Gasteiger partial charge in [-0.25, -0.2) is 0 Å². The fourth-order valence-corrected chi connectivity index (χ4v) is 3.06. The Labute approximate surface area is 160 Å². The van der Waals surface area contributed by atoms with Crippen molar-refractivity contribution in [3.63, 3.8) is 0 Å². The summed E-state index contributed by atoms with van der Waals surface area (Å²) in [5.74, 6) is -0.120. The van der Waals surface area contributed by atoms with E-state index >= 15 is 0 Å². The van der Waals surface area contributed by atoms with Gasteiger partial charge in [0.2, 0.25) is 11.3 Å². The lowest BCUT2D eigenvalue weighted by Crippen LogP contribution is -2.27. The van der Waals surface area contributed by atoms with Crippen molar-refractivity contribution in [3.05, 3.63) is 56.7 Å². The summed E-state index contributed by atoms with van der Waals surface area (Å²) in [6.45, 7) is 6.54. The Kier molecular flexibility index (Phi) is 5.70. The minimum atomic E-state index is -0.556. The monoisotopic (exact) mass is 383 g/mol. The molecule has 146 valence electrons. The topological polar surface area (TPSA) is 106 Å². The van der Waals surface area contributed by atoms with E-state index < -0.39 is 4.92 Å². The maximum absolute atomic E-state index is 12.7. The van der Waals surface area contributed by atoms with Gasteiger partial charge >= 0.3 is 0 Å². The highest BCUT2D eigenvalue weighted by Gasteiger charge is 2.14. The van der Waals surface area contributed by atoms with E-state index in [0.29, 0.717) is 29.6 Å². The molecule has 1 N–H and O–H groups in total. The van der Waals surface area contributed by atoms with Gasteiger partial charge in [0.05, 0.1) is 15.7 Å². The molecule has 1 amide bonds. The molecule has 0 atom stereocenters. The van der Waals surface area contributed by atoms with E-state index in [1.165, 1.54) is 18.2 Å². The number of carbonyl (C=O) groups excluding carboxylic acids is 1. The summed E-state index contributed by atoms with van der Waals surface area (Å²) in [7, 11) is 0. The van der Waals surface area contributed by atoms with Crippen LogP contribution in [0.4, 0.5) is 11.4 Å². The number of hydrogen-bond acceptors (Lipinski definition) is 6. The molecule has 8 nitrogen and oxygen atoms in total. The Morgan fingerprint density at radius 3 is 2.54 bits per heavy atom. The third-order valence-electron chi connectivity index (χ3n) is 4.70. The van der Waals surface area contributed by atoms with Crippen LogP contribution in [0.1, 0.15) is 20.3 Å². The molecule has 0 saturated heterocycles. The molecular formula is C20H21N3O5. The van der Waals surface area contributed by atoms with Crippen LogP contribution >= 0.6 is 0 Å². The molecule has 3 rings (SSSR count). The number of amides is 1. The first-order valence-corrected chi connectivity index (χ1v) is 9.10. The smallest absolute Gasteiger partial charge is 0.270 e. The molecule has 3 aromatic rings. The molecule has 0 radical (unpaired) electrons. The zero-order chi connectivity index (χ0) is 20.3. The van der Waals surface area contributed by atoms with Gasteiger partial charge in [-0.15, -0.1) is 0 Å². The second-order valence-corrected chi connectivity index (χ2v) is 6.40. The third-order valence-corrected chi connectivity index (χ3v) is 4.70. The molecule has 8 heteroatoms. The first-order chi connectivity index (χ1) is 13.4. The molecule has 0 aliphatic carbocycles. The molecule has 1 heterocycles. The van der Waals surface area contributed by atoms with E-state index in [9.17, 15) is 19.7 Å². The first kappa shape index (κ1) is 19.5. The van der Waals surface area contributed by atoms with Gasteiger partial charge in [-0.2, -0.15) is 0 Å². The zero-order valence-electron chi connectivity index (χ0n) is 15.7. The van der Waals surface area contributed by atoms with Gasteiger partial charge < -0.3 is 14.6 Å². The van der Waals surface area contributed by atoms with E-state index in [2.05, 4.69) is 10.2 Å². The van der Waals surface area contributed by atoms with Crippen LogP contribution < -0.4 is 10.7 Å². The van der Waals surface area contributed by atoms with E-state index in [1.807, 2.05) is 13.8 Å². The fraction of sp³-hybridized carbons (Fsp3) is 0.300. The lowest BCUT2D eigenvalue weighted by Gasteiger charge is -2.17. The summed E-state index contributed by atoms with van der Waals surface area (Å²) in [5, 5.41) is 14.2. The van der Waals surface area contributed by atoms with Crippen LogP contribution in [0.25, 0.3) is 21.9 Å². The number of rotatable bonds is 7. The summed E-state index contributed by atoms with van der Waals surface area (Å²) in [6.07, 6.45) is 0.366. The van der Waals surface area contributed by atoms with Crippen LogP contribution in [0.3, 0.4) is 0 Å². The normalized spacial score (nSPS) is 11.2. The lowest BCUT2D eigenvalue weighted by atomic mass is 10.1. The number of nitrogens with zero attached hydrogens (tertiary/aromatic N) is 2. The van der Waals surface area contributed by atoms with Crippen LogP contribution in [0, 0.1) is 10.1 Å². The Morgan fingerprint density at radius 2 is 1.86 bits per heavy atom. The predicted molar refractivity (Wildman–Crippen MR) is 108 cm³/mol. The molecule has 1 aromatic heterocycles. The number of nitro benzene ring substituents is 1. The summed E-state index contributed by atoms with van der Waals surface area (Å²) in [6, 6.07) is 8.67.